The Morgan fingerprint density at radius 3 is 2.36 bits per heavy atom. The molecule has 1 heterocycles. The normalized spacial score (nSPS) is 20.4. The van der Waals surface area contributed by atoms with Gasteiger partial charge in [-0.05, 0) is 59.8 Å². The van der Waals surface area contributed by atoms with Crippen LogP contribution in [-0.4, -0.2) is 37.8 Å². The second-order valence-corrected chi connectivity index (χ2v) is 9.71. The highest BCUT2D eigenvalue weighted by molar-refractivity contribution is 9.10. The van der Waals surface area contributed by atoms with Gasteiger partial charge < -0.3 is 5.32 Å². The molecule has 1 N–H and O–H groups in total. The van der Waals surface area contributed by atoms with Crippen molar-refractivity contribution in [2.24, 2.45) is 0 Å². The Labute approximate surface area is 158 Å². The van der Waals surface area contributed by atoms with Crippen LogP contribution in [0.3, 0.4) is 0 Å². The molecular formula is C18H25BrN2O3S. The summed E-state index contributed by atoms with van der Waals surface area (Å²) < 4.78 is 27.8. The molecule has 138 valence electrons. The lowest BCUT2D eigenvalue weighted by molar-refractivity contribution is 0.0926. The predicted octanol–water partition coefficient (Wildman–Crippen LogP) is 3.69. The molecule has 2 fully saturated rings. The van der Waals surface area contributed by atoms with E-state index >= 15 is 0 Å². The van der Waals surface area contributed by atoms with Crippen molar-refractivity contribution < 1.29 is 13.2 Å². The molecular weight excluding hydrogens is 404 g/mol. The summed E-state index contributed by atoms with van der Waals surface area (Å²) >= 11 is 3.39. The van der Waals surface area contributed by atoms with Crippen molar-refractivity contribution in [1.82, 2.24) is 9.62 Å². The largest absolute Gasteiger partial charge is 0.349 e. The number of halogens is 1. The van der Waals surface area contributed by atoms with E-state index in [2.05, 4.69) is 21.2 Å². The molecule has 2 aliphatic rings. The first-order valence-corrected chi connectivity index (χ1v) is 11.3. The number of hydrogen-bond donors (Lipinski definition) is 1. The lowest BCUT2D eigenvalue weighted by Crippen LogP contribution is -2.37. The topological polar surface area (TPSA) is 66.5 Å². The molecule has 1 saturated heterocycles. The summed E-state index contributed by atoms with van der Waals surface area (Å²) in [4.78, 5) is 12.8. The number of benzene rings is 1. The highest BCUT2D eigenvalue weighted by Gasteiger charge is 2.27. The summed E-state index contributed by atoms with van der Waals surface area (Å²) in [5, 5.41) is 3.06. The molecule has 1 aromatic rings. The van der Waals surface area contributed by atoms with Crippen molar-refractivity contribution in [3.05, 3.63) is 28.2 Å². The third-order valence-electron chi connectivity index (χ3n) is 5.08. The number of nitrogens with one attached hydrogen (secondary N) is 1. The molecule has 0 bridgehead atoms. The summed E-state index contributed by atoms with van der Waals surface area (Å²) in [5.41, 5.74) is 0.392. The van der Waals surface area contributed by atoms with Crippen molar-refractivity contribution >= 4 is 31.9 Å². The van der Waals surface area contributed by atoms with Gasteiger partial charge in [-0.2, -0.15) is 4.31 Å². The Balaban J connectivity index is 1.80. The molecule has 0 radical (unpaired) electrons. The van der Waals surface area contributed by atoms with Gasteiger partial charge in [0.25, 0.3) is 5.91 Å². The summed E-state index contributed by atoms with van der Waals surface area (Å²) in [6.07, 6.45) is 8.34. The molecule has 25 heavy (non-hydrogen) atoms. The average Bonchev–Trinajstić information content (AvgIpc) is 2.63. The van der Waals surface area contributed by atoms with Gasteiger partial charge >= 0.3 is 0 Å². The molecule has 1 amide bonds. The van der Waals surface area contributed by atoms with Gasteiger partial charge in [0.05, 0.1) is 10.5 Å². The van der Waals surface area contributed by atoms with E-state index in [1.807, 2.05) is 0 Å². The van der Waals surface area contributed by atoms with Gasteiger partial charge in [-0.15, -0.1) is 0 Å². The maximum Gasteiger partial charge on any atom is 0.252 e. The van der Waals surface area contributed by atoms with Gasteiger partial charge in [0.2, 0.25) is 10.0 Å². The van der Waals surface area contributed by atoms with Gasteiger partial charge in [-0.25, -0.2) is 8.42 Å². The maximum absolute atomic E-state index is 12.8. The van der Waals surface area contributed by atoms with Crippen LogP contribution in [0.2, 0.25) is 0 Å². The molecule has 7 heteroatoms. The first kappa shape index (κ1) is 18.9. The molecule has 3 rings (SSSR count). The van der Waals surface area contributed by atoms with E-state index in [4.69, 9.17) is 0 Å². The minimum atomic E-state index is -3.54. The minimum absolute atomic E-state index is 0.190. The number of nitrogens with zero attached hydrogens (tertiary/aromatic N) is 1. The third kappa shape index (κ3) is 4.44. The molecule has 0 spiro atoms. The lowest BCUT2D eigenvalue weighted by Gasteiger charge is -2.26. The van der Waals surface area contributed by atoms with Crippen molar-refractivity contribution in [1.29, 1.82) is 0 Å². The van der Waals surface area contributed by atoms with E-state index in [0.29, 0.717) is 23.1 Å². The lowest BCUT2D eigenvalue weighted by atomic mass is 9.95. The zero-order valence-corrected chi connectivity index (χ0v) is 16.7. The van der Waals surface area contributed by atoms with Gasteiger partial charge in [-0.3, -0.25) is 4.79 Å². The average molecular weight is 429 g/mol. The Kier molecular flexibility index (Phi) is 6.17. The van der Waals surface area contributed by atoms with Crippen LogP contribution in [0.1, 0.15) is 61.7 Å². The number of carbonyl (C=O) groups is 1. The van der Waals surface area contributed by atoms with Crippen LogP contribution in [0.4, 0.5) is 0 Å². The molecule has 0 aromatic heterocycles. The molecule has 0 unspecified atom stereocenters. The van der Waals surface area contributed by atoms with Crippen LogP contribution in [0.5, 0.6) is 0 Å². The monoisotopic (exact) mass is 428 g/mol. The van der Waals surface area contributed by atoms with Crippen molar-refractivity contribution in [2.75, 3.05) is 13.1 Å². The van der Waals surface area contributed by atoms with Gasteiger partial charge in [-0.1, -0.05) is 25.7 Å². The van der Waals surface area contributed by atoms with Crippen molar-refractivity contribution in [3.8, 4) is 0 Å². The number of rotatable bonds is 4. The summed E-state index contributed by atoms with van der Waals surface area (Å²) in [7, 11) is -3.54. The minimum Gasteiger partial charge on any atom is -0.349 e. The Morgan fingerprint density at radius 1 is 1.04 bits per heavy atom. The Morgan fingerprint density at radius 2 is 1.68 bits per heavy atom. The molecule has 1 aromatic carbocycles. The molecule has 1 aliphatic heterocycles. The summed E-state index contributed by atoms with van der Waals surface area (Å²) in [6, 6.07) is 4.93. The Bertz CT molecular complexity index is 724. The van der Waals surface area contributed by atoms with Gasteiger partial charge in [0.1, 0.15) is 0 Å². The SMILES string of the molecule is O=C(NC1CCCCC1)c1cc(S(=O)(=O)N2CCCCC2)ccc1Br. The molecule has 5 nitrogen and oxygen atoms in total. The van der Waals surface area contributed by atoms with E-state index in [1.54, 1.807) is 12.1 Å². The van der Waals surface area contributed by atoms with E-state index in [-0.39, 0.29) is 16.8 Å². The fraction of sp³-hybridized carbons (Fsp3) is 0.611. The van der Waals surface area contributed by atoms with E-state index in [1.165, 1.54) is 16.8 Å². The zero-order chi connectivity index (χ0) is 17.9. The zero-order valence-electron chi connectivity index (χ0n) is 14.3. The number of hydrogen-bond acceptors (Lipinski definition) is 3. The van der Waals surface area contributed by atoms with Gasteiger partial charge in [0.15, 0.2) is 0 Å². The van der Waals surface area contributed by atoms with Crippen LogP contribution >= 0.6 is 15.9 Å². The first-order chi connectivity index (χ1) is 12.0. The van der Waals surface area contributed by atoms with E-state index < -0.39 is 10.0 Å². The van der Waals surface area contributed by atoms with Crippen LogP contribution in [0.25, 0.3) is 0 Å². The van der Waals surface area contributed by atoms with Crippen LogP contribution in [-0.2, 0) is 10.0 Å². The maximum atomic E-state index is 12.8. The van der Waals surface area contributed by atoms with Crippen molar-refractivity contribution in [3.63, 3.8) is 0 Å². The van der Waals surface area contributed by atoms with Crippen LogP contribution < -0.4 is 5.32 Å². The first-order valence-electron chi connectivity index (χ1n) is 9.09. The number of sulfonamides is 1. The van der Waals surface area contributed by atoms with E-state index in [0.717, 1.165) is 44.9 Å². The van der Waals surface area contributed by atoms with Gasteiger partial charge in [0, 0.05) is 23.6 Å². The molecule has 1 aliphatic carbocycles. The smallest absolute Gasteiger partial charge is 0.252 e. The van der Waals surface area contributed by atoms with Crippen molar-refractivity contribution in [2.45, 2.75) is 62.3 Å². The van der Waals surface area contributed by atoms with E-state index in [9.17, 15) is 13.2 Å². The van der Waals surface area contributed by atoms with Crippen LogP contribution in [0.15, 0.2) is 27.6 Å². The summed E-state index contributed by atoms with van der Waals surface area (Å²) in [6.45, 7) is 1.12. The third-order valence-corrected chi connectivity index (χ3v) is 7.66. The fourth-order valence-electron chi connectivity index (χ4n) is 3.60. The Hall–Kier alpha value is -0.920. The molecule has 1 saturated carbocycles. The quantitative estimate of drug-likeness (QED) is 0.794. The standard InChI is InChI=1S/C18H25BrN2O3S/c19-17-10-9-15(25(23,24)21-11-5-2-6-12-21)13-16(17)18(22)20-14-7-3-1-4-8-14/h9-10,13-14H,1-8,11-12H2,(H,20,22). The second kappa shape index (κ2) is 8.18. The fourth-order valence-corrected chi connectivity index (χ4v) is 5.57. The van der Waals surface area contributed by atoms with Crippen LogP contribution in [0, 0.1) is 0 Å². The number of carbonyl (C=O) groups excluding carboxylic acids is 1. The predicted molar refractivity (Wildman–Crippen MR) is 101 cm³/mol. The second-order valence-electron chi connectivity index (χ2n) is 6.91. The highest BCUT2D eigenvalue weighted by atomic mass is 79.9. The molecule has 0 atom stereocenters. The number of piperidine rings is 1. The summed E-state index contributed by atoms with van der Waals surface area (Å²) in [5.74, 6) is -0.200. The number of amides is 1. The highest BCUT2D eigenvalue weighted by Crippen LogP contribution is 2.26.